The molecule has 0 atom stereocenters. The van der Waals surface area contributed by atoms with Crippen LogP contribution in [0.1, 0.15) is 9.67 Å². The number of ketones is 1. The van der Waals surface area contributed by atoms with E-state index in [4.69, 9.17) is 0 Å². The molecular formula is C6H4NNaO2S. The summed E-state index contributed by atoms with van der Waals surface area (Å²) in [7, 11) is 0. The Morgan fingerprint density at radius 1 is 1.73 bits per heavy atom. The van der Waals surface area contributed by atoms with Gasteiger partial charge >= 0.3 is 29.6 Å². The fourth-order valence-corrected chi connectivity index (χ4v) is 1.02. The Morgan fingerprint density at radius 3 is 2.91 bits per heavy atom. The van der Waals surface area contributed by atoms with Gasteiger partial charge in [0.2, 0.25) is 0 Å². The van der Waals surface area contributed by atoms with Gasteiger partial charge in [0, 0.05) is 6.20 Å². The van der Waals surface area contributed by atoms with E-state index in [2.05, 4.69) is 4.98 Å². The van der Waals surface area contributed by atoms with Crippen LogP contribution in [0.25, 0.3) is 0 Å². The summed E-state index contributed by atoms with van der Waals surface area (Å²) in [6, 6.07) is 0. The van der Waals surface area contributed by atoms with E-state index in [9.17, 15) is 9.90 Å². The van der Waals surface area contributed by atoms with Gasteiger partial charge in [0.05, 0.1) is 10.4 Å². The van der Waals surface area contributed by atoms with Crippen LogP contribution in [-0.2, 0) is 0 Å². The molecule has 1 rings (SSSR count). The van der Waals surface area contributed by atoms with Crippen LogP contribution in [0, 0.1) is 0 Å². The van der Waals surface area contributed by atoms with Crippen molar-refractivity contribution in [3.8, 4) is 0 Å². The second kappa shape index (κ2) is 5.49. The van der Waals surface area contributed by atoms with Crippen LogP contribution in [0.5, 0.6) is 0 Å². The molecule has 5 heteroatoms. The molecule has 0 spiro atoms. The van der Waals surface area contributed by atoms with E-state index >= 15 is 0 Å². The first-order valence-corrected chi connectivity index (χ1v) is 3.44. The average molecular weight is 177 g/mol. The number of aromatic nitrogens is 1. The molecular weight excluding hydrogens is 173 g/mol. The Labute approximate surface area is 90.1 Å². The van der Waals surface area contributed by atoms with Gasteiger partial charge in [-0.1, -0.05) is 0 Å². The molecule has 0 radical (unpaired) electrons. The molecule has 1 heterocycles. The third kappa shape index (κ3) is 3.16. The van der Waals surface area contributed by atoms with Crippen molar-refractivity contribution in [2.24, 2.45) is 0 Å². The summed E-state index contributed by atoms with van der Waals surface area (Å²) in [5.41, 5.74) is 1.55. The van der Waals surface area contributed by atoms with Crippen molar-refractivity contribution < 1.29 is 39.5 Å². The summed E-state index contributed by atoms with van der Waals surface area (Å²) < 4.78 is 0. The number of carbonyl (C=O) groups excluding carboxylic acids is 1. The quantitative estimate of drug-likeness (QED) is 0.212. The van der Waals surface area contributed by atoms with Crippen LogP contribution in [0.2, 0.25) is 0 Å². The maximum absolute atomic E-state index is 10.8. The number of allylic oxidation sites excluding steroid dienone is 1. The topological polar surface area (TPSA) is 53.0 Å². The third-order valence-electron chi connectivity index (χ3n) is 0.895. The molecule has 3 nitrogen and oxygen atoms in total. The number of rotatable bonds is 2. The zero-order valence-electron chi connectivity index (χ0n) is 5.98. The molecule has 0 saturated heterocycles. The Morgan fingerprint density at radius 2 is 2.45 bits per heavy atom. The van der Waals surface area contributed by atoms with Crippen molar-refractivity contribution in [2.75, 3.05) is 0 Å². The molecule has 0 aromatic carbocycles. The van der Waals surface area contributed by atoms with Crippen molar-refractivity contribution >= 4 is 17.1 Å². The summed E-state index contributed by atoms with van der Waals surface area (Å²) in [6.07, 6.45) is 2.89. The van der Waals surface area contributed by atoms with E-state index in [1.165, 1.54) is 17.5 Å². The van der Waals surface area contributed by atoms with Gasteiger partial charge in [-0.2, -0.15) is 0 Å². The van der Waals surface area contributed by atoms with Gasteiger partial charge in [0.1, 0.15) is 0 Å². The monoisotopic (exact) mass is 177 g/mol. The molecule has 11 heavy (non-hydrogen) atoms. The van der Waals surface area contributed by atoms with Crippen LogP contribution in [0.4, 0.5) is 0 Å². The smallest absolute Gasteiger partial charge is 0.878 e. The third-order valence-corrected chi connectivity index (χ3v) is 1.68. The van der Waals surface area contributed by atoms with Crippen LogP contribution in [0.15, 0.2) is 24.0 Å². The number of carbonyl (C=O) groups is 1. The molecule has 1 aromatic heterocycles. The first-order chi connectivity index (χ1) is 4.84. The standard InChI is InChI=1S/C6H5NO2S.Na/c8-2-1-5(9)6-3-7-4-10-6;/h1-4,8H;/q;+1/p-1/b2-1+;. The van der Waals surface area contributed by atoms with Crippen LogP contribution >= 0.6 is 11.3 Å². The van der Waals surface area contributed by atoms with Gasteiger partial charge in [0.15, 0.2) is 5.78 Å². The summed E-state index contributed by atoms with van der Waals surface area (Å²) in [6.45, 7) is 0. The van der Waals surface area contributed by atoms with Crippen molar-refractivity contribution in [1.82, 2.24) is 4.98 Å². The second-order valence-corrected chi connectivity index (χ2v) is 2.42. The van der Waals surface area contributed by atoms with E-state index < -0.39 is 0 Å². The number of nitrogens with zero attached hydrogens (tertiary/aromatic N) is 1. The number of hydrogen-bond donors (Lipinski definition) is 0. The maximum Gasteiger partial charge on any atom is 1.00 e. The summed E-state index contributed by atoms with van der Waals surface area (Å²) in [4.78, 5) is 15.0. The van der Waals surface area contributed by atoms with Crippen molar-refractivity contribution in [1.29, 1.82) is 0 Å². The minimum atomic E-state index is -0.280. The first kappa shape index (κ1) is 10.8. The number of thiazole rings is 1. The Balaban J connectivity index is 0.000001000. The first-order valence-electron chi connectivity index (χ1n) is 2.56. The predicted octanol–water partition coefficient (Wildman–Crippen LogP) is -2.80. The van der Waals surface area contributed by atoms with E-state index in [0.717, 1.165) is 6.08 Å². The molecule has 0 bridgehead atoms. The van der Waals surface area contributed by atoms with E-state index in [1.54, 1.807) is 5.51 Å². The van der Waals surface area contributed by atoms with Gasteiger partial charge in [-0.05, 0) is 6.08 Å². The zero-order valence-corrected chi connectivity index (χ0v) is 8.80. The molecule has 0 aliphatic rings. The minimum Gasteiger partial charge on any atom is -0.878 e. The molecule has 0 unspecified atom stereocenters. The van der Waals surface area contributed by atoms with Gasteiger partial charge in [-0.15, -0.1) is 17.6 Å². The molecule has 1 aromatic rings. The Kier molecular flexibility index (Phi) is 5.41. The molecule has 0 aliphatic carbocycles. The SMILES string of the molecule is O=C(/C=C/[O-])c1cncs1.[Na+]. The molecule has 0 fully saturated rings. The normalized spacial score (nSPS) is 9.45. The molecule has 52 valence electrons. The summed E-state index contributed by atoms with van der Waals surface area (Å²) >= 11 is 1.22. The van der Waals surface area contributed by atoms with E-state index in [-0.39, 0.29) is 35.3 Å². The molecule has 0 N–H and O–H groups in total. The van der Waals surface area contributed by atoms with Crippen LogP contribution in [0.3, 0.4) is 0 Å². The Hall–Kier alpha value is -0.160. The zero-order chi connectivity index (χ0) is 7.40. The van der Waals surface area contributed by atoms with Crippen LogP contribution in [-0.4, -0.2) is 10.8 Å². The fourth-order valence-electron chi connectivity index (χ4n) is 0.481. The minimum absolute atomic E-state index is 0. The Bertz CT molecular complexity index is 245. The van der Waals surface area contributed by atoms with E-state index in [0.29, 0.717) is 11.1 Å². The largest absolute Gasteiger partial charge is 1.00 e. The van der Waals surface area contributed by atoms with Crippen LogP contribution < -0.4 is 34.7 Å². The molecule has 0 saturated carbocycles. The van der Waals surface area contributed by atoms with Crippen molar-refractivity contribution in [3.05, 3.63) is 28.9 Å². The summed E-state index contributed by atoms with van der Waals surface area (Å²) in [5, 5.41) is 9.82. The predicted molar refractivity (Wildman–Crippen MR) is 35.6 cm³/mol. The molecule has 0 amide bonds. The summed E-state index contributed by atoms with van der Waals surface area (Å²) in [5.74, 6) is -0.280. The maximum atomic E-state index is 10.8. The van der Waals surface area contributed by atoms with Gasteiger partial charge in [0.25, 0.3) is 0 Å². The average Bonchev–Trinajstić information content (AvgIpc) is 2.38. The van der Waals surface area contributed by atoms with Crippen molar-refractivity contribution in [2.45, 2.75) is 0 Å². The molecule has 0 aliphatic heterocycles. The van der Waals surface area contributed by atoms with Gasteiger partial charge in [-0.3, -0.25) is 9.78 Å². The van der Waals surface area contributed by atoms with Gasteiger partial charge in [-0.25, -0.2) is 0 Å². The van der Waals surface area contributed by atoms with Gasteiger partial charge < -0.3 is 5.11 Å². The fraction of sp³-hybridized carbons (Fsp3) is 0. The van der Waals surface area contributed by atoms with Crippen molar-refractivity contribution in [3.63, 3.8) is 0 Å². The number of hydrogen-bond acceptors (Lipinski definition) is 4. The van der Waals surface area contributed by atoms with E-state index in [1.807, 2.05) is 0 Å². The second-order valence-electron chi connectivity index (χ2n) is 1.53.